The lowest BCUT2D eigenvalue weighted by atomic mass is 9.84. The summed E-state index contributed by atoms with van der Waals surface area (Å²) in [5.41, 5.74) is 5.35. The summed E-state index contributed by atoms with van der Waals surface area (Å²) in [4.78, 5) is 12.8. The van der Waals surface area contributed by atoms with Gasteiger partial charge in [-0.3, -0.25) is 4.79 Å². The van der Waals surface area contributed by atoms with E-state index in [2.05, 4.69) is 22.8 Å². The molecule has 0 amide bonds. The van der Waals surface area contributed by atoms with E-state index in [4.69, 9.17) is 23.7 Å². The van der Waals surface area contributed by atoms with E-state index in [0.717, 1.165) is 59.7 Å². The maximum Gasteiger partial charge on any atom is 0.310 e. The van der Waals surface area contributed by atoms with Crippen molar-refractivity contribution < 1.29 is 28.5 Å². The van der Waals surface area contributed by atoms with E-state index in [1.54, 1.807) is 14.2 Å². The molecule has 2 bridgehead atoms. The van der Waals surface area contributed by atoms with Crippen molar-refractivity contribution in [3.63, 3.8) is 0 Å². The molecule has 0 unspecified atom stereocenters. The molecule has 222 valence electrons. The fraction of sp³-hybridized carbons (Fsp3) is 0.382. The van der Waals surface area contributed by atoms with E-state index < -0.39 is 0 Å². The van der Waals surface area contributed by atoms with Crippen LogP contribution in [0.1, 0.15) is 29.5 Å². The van der Waals surface area contributed by atoms with E-state index in [-0.39, 0.29) is 25.0 Å². The summed E-state index contributed by atoms with van der Waals surface area (Å²) in [7, 11) is 3.28. The molecule has 0 spiro atoms. The van der Waals surface area contributed by atoms with Gasteiger partial charge >= 0.3 is 5.97 Å². The highest BCUT2D eigenvalue weighted by molar-refractivity contribution is 5.76. The first-order valence-electron chi connectivity index (χ1n) is 14.5. The number of methoxy groups -OCH3 is 2. The Hall–Kier alpha value is -3.85. The molecule has 0 aliphatic carbocycles. The topological polar surface area (TPSA) is 87.3 Å². The number of para-hydroxylation sites is 2. The molecule has 2 aliphatic heterocycles. The predicted molar refractivity (Wildman–Crippen MR) is 162 cm³/mol. The summed E-state index contributed by atoms with van der Waals surface area (Å²) >= 11 is 0. The number of esters is 1. The molecular weight excluding hydrogens is 532 g/mol. The SMILES string of the molecule is COc1ccccc1COCCCOc1ccc(C2=C(COC(=O)Cc3ccccc3OC)[C@H]3CNC[C@@H](C2)N3)cc1. The molecule has 5 rings (SSSR count). The lowest BCUT2D eigenvalue weighted by Gasteiger charge is -2.40. The highest BCUT2D eigenvalue weighted by Crippen LogP contribution is 2.32. The number of rotatable bonds is 14. The summed E-state index contributed by atoms with van der Waals surface area (Å²) in [5.74, 6) is 2.08. The van der Waals surface area contributed by atoms with Crippen molar-refractivity contribution in [1.29, 1.82) is 0 Å². The molecule has 3 aromatic carbocycles. The number of benzene rings is 3. The molecule has 8 nitrogen and oxygen atoms in total. The predicted octanol–water partition coefficient (Wildman–Crippen LogP) is 4.56. The molecular formula is C34H40N2O6. The lowest BCUT2D eigenvalue weighted by Crippen LogP contribution is -2.58. The summed E-state index contributed by atoms with van der Waals surface area (Å²) in [5, 5.41) is 7.19. The zero-order valence-corrected chi connectivity index (χ0v) is 24.4. The first-order chi connectivity index (χ1) is 20.6. The van der Waals surface area contributed by atoms with Crippen molar-refractivity contribution >= 4 is 11.5 Å². The number of carbonyl (C=O) groups excluding carboxylic acids is 1. The van der Waals surface area contributed by atoms with E-state index in [1.165, 1.54) is 5.57 Å². The number of hydrogen-bond donors (Lipinski definition) is 2. The van der Waals surface area contributed by atoms with E-state index in [9.17, 15) is 4.79 Å². The van der Waals surface area contributed by atoms with Crippen LogP contribution in [0.2, 0.25) is 0 Å². The van der Waals surface area contributed by atoms with Crippen LogP contribution < -0.4 is 24.8 Å². The van der Waals surface area contributed by atoms with Gasteiger partial charge in [0.1, 0.15) is 23.9 Å². The average molecular weight is 573 g/mol. The zero-order chi connectivity index (χ0) is 29.1. The highest BCUT2D eigenvalue weighted by atomic mass is 16.5. The monoisotopic (exact) mass is 572 g/mol. The summed E-state index contributed by atoms with van der Waals surface area (Å²) < 4.78 is 28.4. The van der Waals surface area contributed by atoms with Crippen molar-refractivity contribution in [2.45, 2.75) is 38.0 Å². The number of hydrogen-bond acceptors (Lipinski definition) is 8. The number of nitrogens with one attached hydrogen (secondary N) is 2. The molecule has 0 aromatic heterocycles. The molecule has 42 heavy (non-hydrogen) atoms. The summed E-state index contributed by atoms with van der Waals surface area (Å²) in [6, 6.07) is 24.1. The maximum absolute atomic E-state index is 12.8. The lowest BCUT2D eigenvalue weighted by molar-refractivity contribution is -0.142. The molecule has 1 saturated heterocycles. The van der Waals surface area contributed by atoms with Crippen molar-refractivity contribution in [3.05, 3.63) is 95.1 Å². The van der Waals surface area contributed by atoms with Crippen LogP contribution in [0.25, 0.3) is 5.57 Å². The molecule has 2 atom stereocenters. The third-order valence-electron chi connectivity index (χ3n) is 7.71. The van der Waals surface area contributed by atoms with Crippen LogP contribution in [0.15, 0.2) is 78.4 Å². The van der Waals surface area contributed by atoms with E-state index >= 15 is 0 Å². The van der Waals surface area contributed by atoms with Crippen LogP contribution in [0.4, 0.5) is 0 Å². The Kier molecular flexibility index (Phi) is 10.5. The highest BCUT2D eigenvalue weighted by Gasteiger charge is 2.32. The van der Waals surface area contributed by atoms with Crippen molar-refractivity contribution in [2.24, 2.45) is 0 Å². The molecule has 0 saturated carbocycles. The molecule has 0 radical (unpaired) electrons. The standard InChI is InChI=1S/C34H40N2O6/c1-38-32-10-5-3-8-25(32)18-34(37)42-23-30-29(19-27-20-35-21-31(30)36-27)24-12-14-28(15-13-24)41-17-7-16-40-22-26-9-4-6-11-33(26)39-2/h3-6,8-15,27,31,35-36H,7,16-23H2,1-2H3/t27-,31-/m1/s1. The zero-order valence-electron chi connectivity index (χ0n) is 24.4. The molecule has 2 heterocycles. The second-order valence-electron chi connectivity index (χ2n) is 10.5. The van der Waals surface area contributed by atoms with E-state index in [0.29, 0.717) is 31.6 Å². The summed E-state index contributed by atoms with van der Waals surface area (Å²) in [6.07, 6.45) is 1.82. The number of carbonyl (C=O) groups is 1. The fourth-order valence-corrected chi connectivity index (χ4v) is 5.56. The molecule has 3 aromatic rings. The van der Waals surface area contributed by atoms with Gasteiger partial charge in [0.25, 0.3) is 0 Å². The van der Waals surface area contributed by atoms with Gasteiger partial charge < -0.3 is 34.3 Å². The third kappa shape index (κ3) is 7.70. The Balaban J connectivity index is 1.15. The Morgan fingerprint density at radius 2 is 1.55 bits per heavy atom. The van der Waals surface area contributed by atoms with Gasteiger partial charge in [-0.2, -0.15) is 0 Å². The van der Waals surface area contributed by atoms with Crippen LogP contribution in [-0.4, -0.2) is 65.2 Å². The normalized spacial score (nSPS) is 18.0. The number of fused-ring (bicyclic) bond motifs is 2. The second kappa shape index (κ2) is 14.9. The quantitative estimate of drug-likeness (QED) is 0.215. The van der Waals surface area contributed by atoms with Gasteiger partial charge in [0, 0.05) is 42.7 Å². The first-order valence-corrected chi connectivity index (χ1v) is 14.5. The van der Waals surface area contributed by atoms with Crippen LogP contribution in [0.5, 0.6) is 17.2 Å². The Morgan fingerprint density at radius 1 is 0.833 bits per heavy atom. The third-order valence-corrected chi connectivity index (χ3v) is 7.71. The van der Waals surface area contributed by atoms with Crippen molar-refractivity contribution in [3.8, 4) is 17.2 Å². The van der Waals surface area contributed by atoms with Crippen LogP contribution in [-0.2, 0) is 27.3 Å². The second-order valence-corrected chi connectivity index (χ2v) is 10.5. The largest absolute Gasteiger partial charge is 0.496 e. The van der Waals surface area contributed by atoms with Crippen LogP contribution in [0, 0.1) is 0 Å². The molecule has 8 heteroatoms. The average Bonchev–Trinajstić information content (AvgIpc) is 3.03. The Labute approximate surface area is 248 Å². The number of ether oxygens (including phenoxy) is 5. The van der Waals surface area contributed by atoms with Gasteiger partial charge in [-0.05, 0) is 47.4 Å². The van der Waals surface area contributed by atoms with Crippen LogP contribution in [0.3, 0.4) is 0 Å². The smallest absolute Gasteiger partial charge is 0.310 e. The number of piperazine rings is 1. The van der Waals surface area contributed by atoms with E-state index in [1.807, 2.05) is 60.7 Å². The van der Waals surface area contributed by atoms with Gasteiger partial charge in [-0.1, -0.05) is 48.5 Å². The minimum absolute atomic E-state index is 0.123. The Bertz CT molecular complexity index is 1360. The van der Waals surface area contributed by atoms with Crippen LogP contribution >= 0.6 is 0 Å². The van der Waals surface area contributed by atoms with Gasteiger partial charge in [0.15, 0.2) is 0 Å². The van der Waals surface area contributed by atoms with Gasteiger partial charge in [0.05, 0.1) is 40.5 Å². The summed E-state index contributed by atoms with van der Waals surface area (Å²) in [6.45, 7) is 3.66. The van der Waals surface area contributed by atoms with Crippen molar-refractivity contribution in [1.82, 2.24) is 10.6 Å². The van der Waals surface area contributed by atoms with Crippen molar-refractivity contribution in [2.75, 3.05) is 47.1 Å². The van der Waals surface area contributed by atoms with Gasteiger partial charge in [-0.15, -0.1) is 0 Å². The molecule has 2 aliphatic rings. The minimum atomic E-state index is -0.270. The molecule has 1 fully saturated rings. The Morgan fingerprint density at radius 3 is 2.31 bits per heavy atom. The fourth-order valence-electron chi connectivity index (χ4n) is 5.56. The van der Waals surface area contributed by atoms with Gasteiger partial charge in [0.2, 0.25) is 0 Å². The first kappa shape index (κ1) is 29.6. The maximum atomic E-state index is 12.8. The molecule has 2 N–H and O–H groups in total. The van der Waals surface area contributed by atoms with Gasteiger partial charge in [-0.25, -0.2) is 0 Å². The minimum Gasteiger partial charge on any atom is -0.496 e.